The number of nitrogens with zero attached hydrogens (tertiary/aromatic N) is 1. The monoisotopic (exact) mass is 208 g/mol. The van der Waals surface area contributed by atoms with Gasteiger partial charge in [0.05, 0.1) is 5.71 Å². The minimum atomic E-state index is -0.220. The fraction of sp³-hybridized carbons (Fsp3) is 0.364. The van der Waals surface area contributed by atoms with E-state index in [-0.39, 0.29) is 11.9 Å². The number of hydrogen-bond donors (Lipinski definition) is 1. The van der Waals surface area contributed by atoms with Crippen LogP contribution in [0.15, 0.2) is 29.4 Å². The van der Waals surface area contributed by atoms with Crippen LogP contribution in [0.2, 0.25) is 0 Å². The summed E-state index contributed by atoms with van der Waals surface area (Å²) >= 11 is 0. The maximum atomic E-state index is 12.9. The minimum Gasteiger partial charge on any atom is -0.391 e. The van der Waals surface area contributed by atoms with Gasteiger partial charge in [-0.25, -0.2) is 4.39 Å². The van der Waals surface area contributed by atoms with Crippen molar-refractivity contribution in [2.45, 2.75) is 18.9 Å². The van der Waals surface area contributed by atoms with E-state index >= 15 is 0 Å². The van der Waals surface area contributed by atoms with Gasteiger partial charge in [-0.2, -0.15) is 0 Å². The Bertz CT molecular complexity index is 379. The third-order valence-corrected chi connectivity index (χ3v) is 2.35. The van der Waals surface area contributed by atoms with Crippen LogP contribution in [0, 0.1) is 5.82 Å². The summed E-state index contributed by atoms with van der Waals surface area (Å²) in [4.78, 5) is 5.09. The van der Waals surface area contributed by atoms with Crippen molar-refractivity contribution in [3.63, 3.8) is 0 Å². The molecule has 0 spiro atoms. The molecular formula is C11H13FN2O. The number of halogens is 1. The second kappa shape index (κ2) is 4.40. The molecule has 1 aliphatic rings. The smallest absolute Gasteiger partial charge is 0.145 e. The molecule has 1 heterocycles. The standard InChI is InChI=1S/C11H13FN2O/c12-9-3-1-2-8(4-9)5-10-6-11(7-13)15-14-10/h1-4,11H,5-7,13H2/t11-/m1/s1. The zero-order valence-corrected chi connectivity index (χ0v) is 8.32. The molecule has 2 rings (SSSR count). The van der Waals surface area contributed by atoms with E-state index < -0.39 is 0 Å². The molecule has 0 radical (unpaired) electrons. The molecule has 0 aromatic heterocycles. The van der Waals surface area contributed by atoms with E-state index in [4.69, 9.17) is 10.6 Å². The number of oxime groups is 1. The fourth-order valence-corrected chi connectivity index (χ4v) is 1.60. The van der Waals surface area contributed by atoms with Gasteiger partial charge in [0.2, 0.25) is 0 Å². The van der Waals surface area contributed by atoms with E-state index in [9.17, 15) is 4.39 Å². The van der Waals surface area contributed by atoms with Gasteiger partial charge in [0, 0.05) is 19.4 Å². The van der Waals surface area contributed by atoms with Crippen molar-refractivity contribution in [1.82, 2.24) is 0 Å². The Morgan fingerprint density at radius 3 is 3.07 bits per heavy atom. The molecule has 15 heavy (non-hydrogen) atoms. The van der Waals surface area contributed by atoms with Crippen LogP contribution in [0.1, 0.15) is 12.0 Å². The average molecular weight is 208 g/mol. The van der Waals surface area contributed by atoms with Crippen LogP contribution in [0.25, 0.3) is 0 Å². The van der Waals surface area contributed by atoms with Crippen LogP contribution in [-0.2, 0) is 11.3 Å². The Kier molecular flexibility index (Phi) is 2.97. The Labute approximate surface area is 87.7 Å². The Morgan fingerprint density at radius 1 is 1.53 bits per heavy atom. The van der Waals surface area contributed by atoms with Gasteiger partial charge in [-0.1, -0.05) is 17.3 Å². The lowest BCUT2D eigenvalue weighted by Crippen LogP contribution is -2.20. The van der Waals surface area contributed by atoms with Crippen LogP contribution in [0.3, 0.4) is 0 Å². The zero-order chi connectivity index (χ0) is 10.7. The average Bonchev–Trinajstić information content (AvgIpc) is 2.65. The maximum absolute atomic E-state index is 12.9. The summed E-state index contributed by atoms with van der Waals surface area (Å²) in [5.74, 6) is -0.220. The fourth-order valence-electron chi connectivity index (χ4n) is 1.60. The molecule has 2 N–H and O–H groups in total. The molecule has 1 aromatic carbocycles. The minimum absolute atomic E-state index is 0.00596. The Hall–Kier alpha value is -1.42. The van der Waals surface area contributed by atoms with Crippen molar-refractivity contribution in [3.8, 4) is 0 Å². The van der Waals surface area contributed by atoms with E-state index in [1.807, 2.05) is 6.07 Å². The summed E-state index contributed by atoms with van der Waals surface area (Å²) < 4.78 is 12.9. The van der Waals surface area contributed by atoms with E-state index in [0.717, 1.165) is 17.7 Å². The van der Waals surface area contributed by atoms with Crippen molar-refractivity contribution < 1.29 is 9.23 Å². The van der Waals surface area contributed by atoms with Crippen molar-refractivity contribution in [3.05, 3.63) is 35.6 Å². The first-order chi connectivity index (χ1) is 7.28. The van der Waals surface area contributed by atoms with Crippen molar-refractivity contribution in [1.29, 1.82) is 0 Å². The third-order valence-electron chi connectivity index (χ3n) is 2.35. The maximum Gasteiger partial charge on any atom is 0.145 e. The molecule has 80 valence electrons. The van der Waals surface area contributed by atoms with E-state index in [0.29, 0.717) is 13.0 Å². The number of hydrogen-bond acceptors (Lipinski definition) is 3. The summed E-state index contributed by atoms with van der Waals surface area (Å²) in [6.07, 6.45) is 1.37. The zero-order valence-electron chi connectivity index (χ0n) is 8.32. The molecule has 0 aliphatic carbocycles. The van der Waals surface area contributed by atoms with Gasteiger partial charge in [-0.3, -0.25) is 0 Å². The van der Waals surface area contributed by atoms with Crippen molar-refractivity contribution in [2.24, 2.45) is 10.9 Å². The molecule has 0 fully saturated rings. The number of benzene rings is 1. The van der Waals surface area contributed by atoms with Gasteiger partial charge in [0.1, 0.15) is 11.9 Å². The van der Waals surface area contributed by atoms with Crippen LogP contribution in [-0.4, -0.2) is 18.4 Å². The van der Waals surface area contributed by atoms with Crippen molar-refractivity contribution in [2.75, 3.05) is 6.54 Å². The first-order valence-corrected chi connectivity index (χ1v) is 4.94. The predicted octanol–water partition coefficient (Wildman–Crippen LogP) is 1.47. The van der Waals surface area contributed by atoms with Crippen LogP contribution in [0.5, 0.6) is 0 Å². The molecule has 1 aromatic rings. The highest BCUT2D eigenvalue weighted by Crippen LogP contribution is 2.14. The molecule has 3 nitrogen and oxygen atoms in total. The number of rotatable bonds is 3. The molecule has 0 saturated carbocycles. The topological polar surface area (TPSA) is 47.6 Å². The first kappa shape index (κ1) is 10.1. The normalized spacial score (nSPS) is 19.9. The summed E-state index contributed by atoms with van der Waals surface area (Å²) in [6, 6.07) is 6.51. The van der Waals surface area contributed by atoms with Gasteiger partial charge >= 0.3 is 0 Å². The lowest BCUT2D eigenvalue weighted by molar-refractivity contribution is 0.0918. The van der Waals surface area contributed by atoms with Crippen LogP contribution < -0.4 is 5.73 Å². The van der Waals surface area contributed by atoms with Crippen LogP contribution >= 0.6 is 0 Å². The lowest BCUT2D eigenvalue weighted by atomic mass is 10.0. The summed E-state index contributed by atoms with van der Waals surface area (Å²) in [5.41, 5.74) is 7.29. The SMILES string of the molecule is NC[C@H]1CC(Cc2cccc(F)c2)=NO1. The largest absolute Gasteiger partial charge is 0.391 e. The van der Waals surface area contributed by atoms with E-state index in [2.05, 4.69) is 5.16 Å². The molecule has 4 heteroatoms. The quantitative estimate of drug-likeness (QED) is 0.817. The highest BCUT2D eigenvalue weighted by molar-refractivity contribution is 5.87. The molecule has 0 unspecified atom stereocenters. The third kappa shape index (κ3) is 2.53. The Morgan fingerprint density at radius 2 is 2.40 bits per heavy atom. The number of nitrogens with two attached hydrogens (primary N) is 1. The van der Waals surface area contributed by atoms with E-state index in [1.165, 1.54) is 12.1 Å². The molecule has 1 aliphatic heterocycles. The van der Waals surface area contributed by atoms with Gasteiger partial charge in [0.15, 0.2) is 0 Å². The van der Waals surface area contributed by atoms with Crippen molar-refractivity contribution >= 4 is 5.71 Å². The predicted molar refractivity (Wildman–Crippen MR) is 56.1 cm³/mol. The highest BCUT2D eigenvalue weighted by atomic mass is 19.1. The second-order valence-electron chi connectivity index (χ2n) is 3.63. The summed E-state index contributed by atoms with van der Waals surface area (Å²) in [6.45, 7) is 0.468. The summed E-state index contributed by atoms with van der Waals surface area (Å²) in [7, 11) is 0. The lowest BCUT2D eigenvalue weighted by Gasteiger charge is -2.02. The molecule has 0 amide bonds. The molecule has 0 saturated heterocycles. The van der Waals surface area contributed by atoms with E-state index in [1.54, 1.807) is 6.07 Å². The molecule has 1 atom stereocenters. The van der Waals surface area contributed by atoms with Gasteiger partial charge < -0.3 is 10.6 Å². The summed E-state index contributed by atoms with van der Waals surface area (Å²) in [5, 5.41) is 3.93. The highest BCUT2D eigenvalue weighted by Gasteiger charge is 2.19. The Balaban J connectivity index is 1.98. The molecule has 0 bridgehead atoms. The van der Waals surface area contributed by atoms with Gasteiger partial charge in [-0.05, 0) is 17.7 Å². The van der Waals surface area contributed by atoms with Gasteiger partial charge in [-0.15, -0.1) is 0 Å². The van der Waals surface area contributed by atoms with Crippen LogP contribution in [0.4, 0.5) is 4.39 Å². The second-order valence-corrected chi connectivity index (χ2v) is 3.63. The van der Waals surface area contributed by atoms with Gasteiger partial charge in [0.25, 0.3) is 0 Å². The first-order valence-electron chi connectivity index (χ1n) is 4.94. The molecular weight excluding hydrogens is 195 g/mol.